The Morgan fingerprint density at radius 1 is 0.931 bits per heavy atom. The average Bonchev–Trinajstić information content (AvgIpc) is 3.29. The summed E-state index contributed by atoms with van der Waals surface area (Å²) in [6.45, 7) is -0.0520. The molecular formula is C23H19N3O2S. The maximum absolute atomic E-state index is 12.3. The van der Waals surface area contributed by atoms with Crippen molar-refractivity contribution in [3.8, 4) is 17.0 Å². The summed E-state index contributed by atoms with van der Waals surface area (Å²) >= 11 is 1.31. The lowest BCUT2D eigenvalue weighted by atomic mass is 10.0. The molecule has 144 valence electrons. The third-order valence-electron chi connectivity index (χ3n) is 4.39. The van der Waals surface area contributed by atoms with Crippen LogP contribution < -0.4 is 10.1 Å². The number of hydrogen-bond acceptors (Lipinski definition) is 5. The number of benzene rings is 3. The summed E-state index contributed by atoms with van der Waals surface area (Å²) in [5.74, 6) is 0.514. The van der Waals surface area contributed by atoms with Crippen LogP contribution in [0.4, 0.5) is 5.69 Å². The van der Waals surface area contributed by atoms with Crippen molar-refractivity contribution < 1.29 is 9.53 Å². The maximum Gasteiger partial charge on any atom is 0.262 e. The van der Waals surface area contributed by atoms with Crippen LogP contribution in [0, 0.1) is 0 Å². The topological polar surface area (TPSA) is 64.1 Å². The van der Waals surface area contributed by atoms with Gasteiger partial charge in [0.05, 0.1) is 0 Å². The molecule has 29 heavy (non-hydrogen) atoms. The summed E-state index contributed by atoms with van der Waals surface area (Å²) in [5, 5.41) is 8.78. The number of carbonyl (C=O) groups is 1. The normalized spacial score (nSPS) is 10.5. The van der Waals surface area contributed by atoms with Crippen LogP contribution in [0.2, 0.25) is 0 Å². The molecule has 0 aliphatic carbocycles. The van der Waals surface area contributed by atoms with E-state index in [1.54, 1.807) is 0 Å². The minimum Gasteiger partial charge on any atom is -0.483 e. The Kier molecular flexibility index (Phi) is 5.92. The summed E-state index contributed by atoms with van der Waals surface area (Å²) in [6, 6.07) is 25.5. The minimum absolute atomic E-state index is 0.0520. The average molecular weight is 401 g/mol. The molecule has 4 rings (SSSR count). The molecule has 0 bridgehead atoms. The fourth-order valence-electron chi connectivity index (χ4n) is 2.96. The van der Waals surface area contributed by atoms with Crippen molar-refractivity contribution in [1.82, 2.24) is 9.59 Å². The van der Waals surface area contributed by atoms with Gasteiger partial charge in [0.1, 0.15) is 11.4 Å². The summed E-state index contributed by atoms with van der Waals surface area (Å²) in [7, 11) is 0. The zero-order valence-corrected chi connectivity index (χ0v) is 16.4. The van der Waals surface area contributed by atoms with E-state index in [2.05, 4.69) is 27.0 Å². The molecule has 1 aromatic heterocycles. The van der Waals surface area contributed by atoms with Crippen LogP contribution in [0.15, 0.2) is 84.2 Å². The Balaban J connectivity index is 1.35. The minimum atomic E-state index is -0.206. The van der Waals surface area contributed by atoms with Gasteiger partial charge in [-0.1, -0.05) is 65.2 Å². The van der Waals surface area contributed by atoms with Gasteiger partial charge in [-0.3, -0.25) is 4.79 Å². The number of ether oxygens (including phenoxy) is 1. The number of amides is 1. The monoisotopic (exact) mass is 401 g/mol. The molecule has 3 aromatic carbocycles. The number of nitrogens with one attached hydrogen (secondary N) is 1. The molecule has 5 nitrogen and oxygen atoms in total. The van der Waals surface area contributed by atoms with Gasteiger partial charge in [0.15, 0.2) is 6.61 Å². The van der Waals surface area contributed by atoms with Crippen LogP contribution in [0.25, 0.3) is 11.3 Å². The molecule has 0 saturated heterocycles. The van der Waals surface area contributed by atoms with Gasteiger partial charge < -0.3 is 10.1 Å². The van der Waals surface area contributed by atoms with Crippen molar-refractivity contribution in [3.05, 3.63) is 95.4 Å². The van der Waals surface area contributed by atoms with Crippen molar-refractivity contribution in [2.75, 3.05) is 11.9 Å². The molecular weight excluding hydrogens is 382 g/mol. The van der Waals surface area contributed by atoms with Crippen molar-refractivity contribution in [3.63, 3.8) is 0 Å². The summed E-state index contributed by atoms with van der Waals surface area (Å²) in [4.78, 5) is 12.3. The lowest BCUT2D eigenvalue weighted by molar-refractivity contribution is -0.118. The molecule has 6 heteroatoms. The van der Waals surface area contributed by atoms with Gasteiger partial charge in [0, 0.05) is 23.1 Å². The zero-order chi connectivity index (χ0) is 19.9. The van der Waals surface area contributed by atoms with Crippen molar-refractivity contribution >= 4 is 23.1 Å². The van der Waals surface area contributed by atoms with Crippen molar-refractivity contribution in [1.29, 1.82) is 0 Å². The SMILES string of the molecule is O=C(COc1ccccc1Cc1ccccc1)Nc1ccc(-c2csnn2)cc1. The lowest BCUT2D eigenvalue weighted by Gasteiger charge is -2.12. The molecule has 0 radical (unpaired) electrons. The molecule has 1 amide bonds. The summed E-state index contributed by atoms with van der Waals surface area (Å²) in [6.07, 6.45) is 0.756. The highest BCUT2D eigenvalue weighted by atomic mass is 32.1. The molecule has 0 atom stereocenters. The van der Waals surface area contributed by atoms with E-state index >= 15 is 0 Å². The standard InChI is InChI=1S/C23H19N3O2S/c27-23(24-20-12-10-18(11-13-20)21-16-29-26-25-21)15-28-22-9-5-4-8-19(22)14-17-6-2-1-3-7-17/h1-13,16H,14-15H2,(H,24,27). The molecule has 0 spiro atoms. The van der Waals surface area contributed by atoms with Gasteiger partial charge in [-0.15, -0.1) is 5.10 Å². The van der Waals surface area contributed by atoms with Crippen LogP contribution in [0.5, 0.6) is 5.75 Å². The van der Waals surface area contributed by atoms with E-state index < -0.39 is 0 Å². The molecule has 4 aromatic rings. The molecule has 1 N–H and O–H groups in total. The first-order chi connectivity index (χ1) is 14.3. The second-order valence-corrected chi connectivity index (χ2v) is 7.08. The van der Waals surface area contributed by atoms with Gasteiger partial charge in [-0.2, -0.15) is 0 Å². The van der Waals surface area contributed by atoms with E-state index in [0.29, 0.717) is 5.69 Å². The molecule has 0 aliphatic heterocycles. The van der Waals surface area contributed by atoms with E-state index in [0.717, 1.165) is 29.0 Å². The third-order valence-corrected chi connectivity index (χ3v) is 4.90. The first kappa shape index (κ1) is 18.8. The maximum atomic E-state index is 12.3. The number of nitrogens with zero attached hydrogens (tertiary/aromatic N) is 2. The van der Waals surface area contributed by atoms with Crippen LogP contribution >= 0.6 is 11.5 Å². The molecule has 0 unspecified atom stereocenters. The number of rotatable bonds is 7. The van der Waals surface area contributed by atoms with E-state index in [4.69, 9.17) is 4.74 Å². The van der Waals surface area contributed by atoms with Crippen LogP contribution in [0.3, 0.4) is 0 Å². The number of aromatic nitrogens is 2. The Bertz CT molecular complexity index is 1070. The van der Waals surface area contributed by atoms with Gasteiger partial charge >= 0.3 is 0 Å². The van der Waals surface area contributed by atoms with E-state index in [9.17, 15) is 4.79 Å². The van der Waals surface area contributed by atoms with Crippen molar-refractivity contribution in [2.45, 2.75) is 6.42 Å². The smallest absolute Gasteiger partial charge is 0.262 e. The van der Waals surface area contributed by atoms with Gasteiger partial charge in [-0.25, -0.2) is 0 Å². The summed E-state index contributed by atoms with van der Waals surface area (Å²) < 4.78 is 9.66. The fraction of sp³-hybridized carbons (Fsp3) is 0.0870. The molecule has 0 fully saturated rings. The molecule has 0 saturated carbocycles. The van der Waals surface area contributed by atoms with Crippen LogP contribution in [0.1, 0.15) is 11.1 Å². The Morgan fingerprint density at radius 2 is 1.69 bits per heavy atom. The Hall–Kier alpha value is -3.51. The van der Waals surface area contributed by atoms with Gasteiger partial charge in [0.25, 0.3) is 5.91 Å². The fourth-order valence-corrected chi connectivity index (χ4v) is 3.43. The van der Waals surface area contributed by atoms with Gasteiger partial charge in [0.2, 0.25) is 0 Å². The third kappa shape index (κ3) is 5.06. The highest BCUT2D eigenvalue weighted by Crippen LogP contribution is 2.22. The number of para-hydroxylation sites is 1. The van der Waals surface area contributed by atoms with E-state index in [1.165, 1.54) is 17.1 Å². The largest absolute Gasteiger partial charge is 0.483 e. The Morgan fingerprint density at radius 3 is 2.45 bits per heavy atom. The predicted octanol–water partition coefficient (Wildman–Crippen LogP) is 4.81. The van der Waals surface area contributed by atoms with Gasteiger partial charge in [-0.05, 0) is 40.9 Å². The second-order valence-electron chi connectivity index (χ2n) is 6.47. The first-order valence-corrected chi connectivity index (χ1v) is 10.0. The summed E-state index contributed by atoms with van der Waals surface area (Å²) in [5.41, 5.74) is 4.74. The number of anilines is 1. The zero-order valence-electron chi connectivity index (χ0n) is 15.6. The highest BCUT2D eigenvalue weighted by molar-refractivity contribution is 7.03. The predicted molar refractivity (Wildman–Crippen MR) is 115 cm³/mol. The number of carbonyl (C=O) groups excluding carboxylic acids is 1. The van der Waals surface area contributed by atoms with Crippen LogP contribution in [-0.2, 0) is 11.2 Å². The van der Waals surface area contributed by atoms with Crippen molar-refractivity contribution in [2.24, 2.45) is 0 Å². The first-order valence-electron chi connectivity index (χ1n) is 9.20. The quantitative estimate of drug-likeness (QED) is 0.482. The molecule has 1 heterocycles. The Labute approximate surface area is 173 Å². The number of hydrogen-bond donors (Lipinski definition) is 1. The van der Waals surface area contributed by atoms with E-state index in [-0.39, 0.29) is 12.5 Å². The van der Waals surface area contributed by atoms with Crippen LogP contribution in [-0.4, -0.2) is 22.1 Å². The molecule has 0 aliphatic rings. The highest BCUT2D eigenvalue weighted by Gasteiger charge is 2.08. The van der Waals surface area contributed by atoms with E-state index in [1.807, 2.05) is 72.1 Å². The second kappa shape index (κ2) is 9.12. The lowest BCUT2D eigenvalue weighted by Crippen LogP contribution is -2.20.